The number of carbonyl (C=O) groups is 13. The number of aliphatic hydroxyl groups is 1. The Morgan fingerprint density at radius 1 is 0.545 bits per heavy atom. The Balaban J connectivity index is 1.94. The van der Waals surface area contributed by atoms with Crippen molar-refractivity contribution >= 4 is 87.8 Å². The van der Waals surface area contributed by atoms with E-state index in [1.807, 2.05) is 18.2 Å². The minimum absolute atomic E-state index is 0.00137. The number of aliphatic hydroxyl groups excluding tert-OH is 1. The molecule has 1 aromatic heterocycles. The first-order chi connectivity index (χ1) is 46.8. The molecule has 0 saturated carbocycles. The maximum Gasteiger partial charge on any atom is 0.322 e. The first-order valence-electron chi connectivity index (χ1n) is 34.6. The van der Waals surface area contributed by atoms with Crippen LogP contribution in [0.1, 0.15) is 164 Å². The number of nitrogens with zero attached hydrogens (tertiary/aromatic N) is 1. The summed E-state index contributed by atoms with van der Waals surface area (Å²) in [6.45, 7) is 15.1. The van der Waals surface area contributed by atoms with Crippen LogP contribution in [0.15, 0.2) is 30.5 Å². The van der Waals surface area contributed by atoms with Crippen molar-refractivity contribution in [1.29, 1.82) is 0 Å². The van der Waals surface area contributed by atoms with E-state index in [-0.39, 0.29) is 57.7 Å². The number of benzene rings is 1. The number of carboxylic acids is 2. The van der Waals surface area contributed by atoms with Crippen LogP contribution >= 0.6 is 0 Å². The standard InChI is InChI=1S/C67H112N16O16/c1-10-39(8)55(81-57(89)43(71)21-13-16-28-68)65(97)82-56(40(9)84)66(98)80-54(38(6)7)64(96)78-49(33-41-34-72-44-22-12-11-20-42(41)44)61(93)79-53(37(4)5)63(95)76-47(24-15-18-30-70)67(99)83-31-19-25-50(83)62(94)77-48(32-36(2)3)60(92)74-45(23-14-17-29-69)59(91)75-46(26-27-51(85)86)58(90)73-35-52(87)88/h11-12,20,22,34,36-40,43,45-50,53-56,72,84H,10,13-19,21,23-33,35,68-71H2,1-9H3,(H,73,90)(H,74,92)(H,75,91)(H,76,95)(H,77,94)(H,78,96)(H,79,93)(H,80,98)(H,81,89)(H,82,97)(H,85,86)(H,87,88)/t39-,40+,43-,45-,46-,47-,48-,49-,50-,53-,54-,55-,56-/m0/s1. The number of aromatic nitrogens is 1. The van der Waals surface area contributed by atoms with Gasteiger partial charge in [0.15, 0.2) is 0 Å². The van der Waals surface area contributed by atoms with Gasteiger partial charge in [0.25, 0.3) is 0 Å². The maximum absolute atomic E-state index is 14.9. The molecule has 1 aliphatic rings. The van der Waals surface area contributed by atoms with Crippen LogP contribution in [-0.2, 0) is 68.7 Å². The molecule has 0 radical (unpaired) electrons. The van der Waals surface area contributed by atoms with Crippen molar-refractivity contribution in [2.24, 2.45) is 46.6 Å². The first kappa shape index (κ1) is 84.9. The lowest BCUT2D eigenvalue weighted by molar-refractivity contribution is -0.143. The van der Waals surface area contributed by atoms with Crippen LogP contribution in [0.2, 0.25) is 0 Å². The van der Waals surface area contributed by atoms with Crippen molar-refractivity contribution in [2.75, 3.05) is 32.7 Å². The van der Waals surface area contributed by atoms with Gasteiger partial charge in [-0.2, -0.15) is 0 Å². The Bertz CT molecular complexity index is 3020. The molecule has 1 aliphatic heterocycles. The van der Waals surface area contributed by atoms with Gasteiger partial charge in [-0.3, -0.25) is 62.3 Å². The lowest BCUT2D eigenvalue weighted by atomic mass is 9.96. The molecule has 0 aliphatic carbocycles. The van der Waals surface area contributed by atoms with E-state index in [1.165, 1.54) is 11.8 Å². The molecule has 99 heavy (non-hydrogen) atoms. The molecular weight excluding hydrogens is 1280 g/mol. The lowest BCUT2D eigenvalue weighted by Gasteiger charge is -2.32. The van der Waals surface area contributed by atoms with Gasteiger partial charge in [-0.25, -0.2) is 0 Å². The number of carboxylic acid groups (broad SMARTS) is 2. The van der Waals surface area contributed by atoms with Crippen molar-refractivity contribution in [3.63, 3.8) is 0 Å². The van der Waals surface area contributed by atoms with Crippen molar-refractivity contribution in [1.82, 2.24) is 63.1 Å². The number of carbonyl (C=O) groups excluding carboxylic acids is 11. The summed E-state index contributed by atoms with van der Waals surface area (Å²) in [5, 5.41) is 56.4. The second-order valence-corrected chi connectivity index (χ2v) is 26.8. The van der Waals surface area contributed by atoms with Crippen LogP contribution in [0.4, 0.5) is 0 Å². The van der Waals surface area contributed by atoms with Crippen LogP contribution < -0.4 is 76.1 Å². The summed E-state index contributed by atoms with van der Waals surface area (Å²) in [7, 11) is 0. The van der Waals surface area contributed by atoms with E-state index < -0.39 is 187 Å². The summed E-state index contributed by atoms with van der Waals surface area (Å²) in [5.74, 6) is -13.4. The van der Waals surface area contributed by atoms with Gasteiger partial charge in [0, 0.05) is 36.5 Å². The number of likely N-dealkylation sites (tertiary alicyclic amines) is 1. The highest BCUT2D eigenvalue weighted by Crippen LogP contribution is 2.23. The van der Waals surface area contributed by atoms with Crippen LogP contribution in [0, 0.1) is 23.7 Å². The van der Waals surface area contributed by atoms with Crippen LogP contribution in [-0.4, -0.2) is 207 Å². The van der Waals surface area contributed by atoms with E-state index in [0.29, 0.717) is 75.3 Å². The van der Waals surface area contributed by atoms with E-state index in [1.54, 1.807) is 67.7 Å². The fraction of sp³-hybridized carbons (Fsp3) is 0.687. The van der Waals surface area contributed by atoms with Gasteiger partial charge in [-0.15, -0.1) is 0 Å². The number of nitrogens with two attached hydrogens (primary N) is 4. The van der Waals surface area contributed by atoms with Gasteiger partial charge in [0.05, 0.1) is 12.1 Å². The number of H-pyrrole nitrogens is 1. The minimum Gasteiger partial charge on any atom is -0.481 e. The quantitative estimate of drug-likeness (QED) is 0.0340. The fourth-order valence-electron chi connectivity index (χ4n) is 11.4. The van der Waals surface area contributed by atoms with Gasteiger partial charge in [-0.05, 0) is 139 Å². The predicted molar refractivity (Wildman–Crippen MR) is 369 cm³/mol. The third-order valence-electron chi connectivity index (χ3n) is 17.4. The molecule has 556 valence electrons. The number of hydrogen-bond donors (Lipinski definition) is 18. The second-order valence-electron chi connectivity index (χ2n) is 26.8. The Morgan fingerprint density at radius 3 is 1.58 bits per heavy atom. The van der Waals surface area contributed by atoms with Crippen molar-refractivity contribution in [2.45, 2.75) is 238 Å². The van der Waals surface area contributed by atoms with Gasteiger partial charge in [0.1, 0.15) is 67.0 Å². The predicted octanol–water partition coefficient (Wildman–Crippen LogP) is -1.37. The number of fused-ring (bicyclic) bond motifs is 1. The normalized spacial score (nSPS) is 16.7. The molecule has 32 heteroatoms. The molecule has 1 aromatic carbocycles. The van der Waals surface area contributed by atoms with E-state index in [4.69, 9.17) is 28.0 Å². The molecule has 3 rings (SSSR count). The summed E-state index contributed by atoms with van der Waals surface area (Å²) < 4.78 is 0. The number of nitrogens with one attached hydrogen (secondary N) is 11. The third kappa shape index (κ3) is 28.1. The highest BCUT2D eigenvalue weighted by atomic mass is 16.4. The highest BCUT2D eigenvalue weighted by molar-refractivity contribution is 6.00. The smallest absolute Gasteiger partial charge is 0.322 e. The maximum atomic E-state index is 14.9. The van der Waals surface area contributed by atoms with E-state index in [2.05, 4.69) is 58.2 Å². The zero-order valence-corrected chi connectivity index (χ0v) is 58.9. The zero-order valence-electron chi connectivity index (χ0n) is 58.9. The number of aliphatic carboxylic acids is 2. The Hall–Kier alpha value is -8.33. The number of hydrogen-bond acceptors (Lipinski definition) is 18. The Labute approximate surface area is 579 Å². The Morgan fingerprint density at radius 2 is 1.03 bits per heavy atom. The Kier molecular flexibility index (Phi) is 37.1. The molecule has 2 heterocycles. The summed E-state index contributed by atoms with van der Waals surface area (Å²) in [5.41, 5.74) is 24.7. The highest BCUT2D eigenvalue weighted by Gasteiger charge is 2.42. The first-order valence-corrected chi connectivity index (χ1v) is 34.6. The number of amides is 11. The molecule has 32 nitrogen and oxygen atoms in total. The number of rotatable bonds is 46. The molecule has 0 unspecified atom stereocenters. The van der Waals surface area contributed by atoms with Gasteiger partial charge in [0.2, 0.25) is 65.0 Å². The number of aromatic amines is 1. The second kappa shape index (κ2) is 43.3. The number of para-hydroxylation sites is 1. The van der Waals surface area contributed by atoms with Gasteiger partial charge >= 0.3 is 11.9 Å². The lowest BCUT2D eigenvalue weighted by Crippen LogP contribution is -2.63. The summed E-state index contributed by atoms with van der Waals surface area (Å²) >= 11 is 0. The molecule has 1 fully saturated rings. The van der Waals surface area contributed by atoms with Crippen LogP contribution in [0.5, 0.6) is 0 Å². The van der Waals surface area contributed by atoms with Crippen molar-refractivity contribution < 1.29 is 77.6 Å². The average Bonchev–Trinajstić information content (AvgIpc) is 1.78. The monoisotopic (exact) mass is 1400 g/mol. The molecule has 11 amide bonds. The van der Waals surface area contributed by atoms with Gasteiger partial charge in [-0.1, -0.05) is 86.4 Å². The topological polar surface area (TPSA) is 526 Å². The molecule has 22 N–H and O–H groups in total. The van der Waals surface area contributed by atoms with Crippen molar-refractivity contribution in [3.05, 3.63) is 36.0 Å². The molecule has 1 saturated heterocycles. The average molecular weight is 1400 g/mol. The SMILES string of the molecule is CC[C@H](C)[C@H](NC(=O)[C@@H](N)CCCCN)C(=O)N[C@H](C(=O)N[C@H](C(=O)N[C@@H](Cc1c[nH]c2ccccc12)C(=O)N[C@H](C(=O)N[C@@H](CCCCN)C(=O)N1CCC[C@H]1C(=O)N[C@@H](CC(C)C)C(=O)N[C@@H](CCCCN)C(=O)N[C@@H](CCC(=O)O)C(=O)NCC(=O)O)C(C)C)C(C)C)[C@@H](C)O. The van der Waals surface area contributed by atoms with E-state index >= 15 is 0 Å². The summed E-state index contributed by atoms with van der Waals surface area (Å²) in [4.78, 5) is 183. The molecular formula is C67H112N16O16. The molecule has 13 atom stereocenters. The largest absolute Gasteiger partial charge is 0.481 e. The molecule has 0 bridgehead atoms. The van der Waals surface area contributed by atoms with E-state index in [9.17, 15) is 72.5 Å². The van der Waals surface area contributed by atoms with Crippen LogP contribution in [0.3, 0.4) is 0 Å². The zero-order chi connectivity index (χ0) is 74.2. The molecule has 0 spiro atoms. The van der Waals surface area contributed by atoms with Crippen LogP contribution in [0.25, 0.3) is 10.9 Å². The number of unbranched alkanes of at least 4 members (excludes halogenated alkanes) is 3. The van der Waals surface area contributed by atoms with Gasteiger partial charge < -0.3 is 101 Å². The van der Waals surface area contributed by atoms with E-state index in [0.717, 1.165) is 5.52 Å². The third-order valence-corrected chi connectivity index (χ3v) is 17.4. The minimum atomic E-state index is -1.63. The summed E-state index contributed by atoms with van der Waals surface area (Å²) in [6.07, 6.45) is 3.15. The summed E-state index contributed by atoms with van der Waals surface area (Å²) in [6, 6.07) is -7.22. The molecule has 2 aromatic rings. The van der Waals surface area contributed by atoms with Crippen molar-refractivity contribution in [3.8, 4) is 0 Å². The fourth-order valence-corrected chi connectivity index (χ4v) is 11.4.